The Bertz CT molecular complexity index is 823. The number of hydrogen-bond donors (Lipinski definition) is 2. The standard InChI is InChI=1S/C13H12N6O/c1-7-2-3-8(12(15)20)4-9(7)19-6-18-10-11(14)16-5-17-13(10)19/h2-6H,1H3,(H2,15,20)(H2,14,16,17). The van der Waals surface area contributed by atoms with Crippen molar-refractivity contribution in [3.63, 3.8) is 0 Å². The van der Waals surface area contributed by atoms with E-state index >= 15 is 0 Å². The summed E-state index contributed by atoms with van der Waals surface area (Å²) in [7, 11) is 0. The number of nitrogen functional groups attached to an aromatic ring is 1. The normalized spacial score (nSPS) is 10.8. The highest BCUT2D eigenvalue weighted by Crippen LogP contribution is 2.22. The molecule has 20 heavy (non-hydrogen) atoms. The number of carbonyl (C=O) groups excluding carboxylic acids is 1. The first-order chi connectivity index (χ1) is 9.58. The lowest BCUT2D eigenvalue weighted by Gasteiger charge is -2.09. The first kappa shape index (κ1) is 12.1. The van der Waals surface area contributed by atoms with Gasteiger partial charge in [0.1, 0.15) is 12.7 Å². The number of nitrogens with zero attached hydrogens (tertiary/aromatic N) is 4. The molecule has 0 unspecified atom stereocenters. The number of aryl methyl sites for hydroxylation is 1. The molecule has 0 radical (unpaired) electrons. The maximum atomic E-state index is 11.3. The van der Waals surface area contributed by atoms with Gasteiger partial charge >= 0.3 is 0 Å². The van der Waals surface area contributed by atoms with Gasteiger partial charge in [-0.25, -0.2) is 15.0 Å². The van der Waals surface area contributed by atoms with Crippen LogP contribution in [-0.2, 0) is 0 Å². The van der Waals surface area contributed by atoms with Gasteiger partial charge in [0.05, 0.1) is 5.69 Å². The minimum atomic E-state index is -0.482. The maximum absolute atomic E-state index is 11.3. The lowest BCUT2D eigenvalue weighted by atomic mass is 10.1. The van der Waals surface area contributed by atoms with Gasteiger partial charge in [-0.15, -0.1) is 0 Å². The molecule has 0 atom stereocenters. The largest absolute Gasteiger partial charge is 0.382 e. The molecule has 0 aliphatic carbocycles. The van der Waals surface area contributed by atoms with E-state index < -0.39 is 5.91 Å². The van der Waals surface area contributed by atoms with Crippen LogP contribution >= 0.6 is 0 Å². The van der Waals surface area contributed by atoms with Gasteiger partial charge in [0.15, 0.2) is 17.0 Å². The predicted octanol–water partition coefficient (Wildman–Crippen LogP) is 0.805. The van der Waals surface area contributed by atoms with E-state index in [1.807, 2.05) is 13.0 Å². The van der Waals surface area contributed by atoms with Gasteiger partial charge in [-0.05, 0) is 24.6 Å². The Kier molecular flexibility index (Phi) is 2.60. The third kappa shape index (κ3) is 1.76. The monoisotopic (exact) mass is 268 g/mol. The Morgan fingerprint density at radius 2 is 2.05 bits per heavy atom. The molecular formula is C13H12N6O. The summed E-state index contributed by atoms with van der Waals surface area (Å²) in [6.45, 7) is 1.93. The predicted molar refractivity (Wildman–Crippen MR) is 74.3 cm³/mol. The SMILES string of the molecule is Cc1ccc(C(N)=O)cc1-n1cnc2c(N)ncnc21. The van der Waals surface area contributed by atoms with E-state index in [2.05, 4.69) is 15.0 Å². The molecule has 3 aromatic rings. The molecule has 0 spiro atoms. The molecule has 7 heteroatoms. The first-order valence-electron chi connectivity index (χ1n) is 5.92. The van der Waals surface area contributed by atoms with Crippen molar-refractivity contribution in [1.82, 2.24) is 19.5 Å². The summed E-state index contributed by atoms with van der Waals surface area (Å²) in [5.41, 5.74) is 14.4. The Morgan fingerprint density at radius 1 is 1.25 bits per heavy atom. The molecule has 0 fully saturated rings. The van der Waals surface area contributed by atoms with E-state index in [9.17, 15) is 4.79 Å². The first-order valence-corrected chi connectivity index (χ1v) is 5.92. The minimum Gasteiger partial charge on any atom is -0.382 e. The van der Waals surface area contributed by atoms with Crippen molar-refractivity contribution in [3.8, 4) is 5.69 Å². The highest BCUT2D eigenvalue weighted by Gasteiger charge is 2.12. The number of imidazole rings is 1. The van der Waals surface area contributed by atoms with Gasteiger partial charge < -0.3 is 11.5 Å². The van der Waals surface area contributed by atoms with Gasteiger partial charge in [-0.1, -0.05) is 6.07 Å². The molecule has 7 nitrogen and oxygen atoms in total. The van der Waals surface area contributed by atoms with E-state index in [1.165, 1.54) is 6.33 Å². The summed E-state index contributed by atoms with van der Waals surface area (Å²) in [6.07, 6.45) is 2.98. The second-order valence-corrected chi connectivity index (χ2v) is 4.41. The van der Waals surface area contributed by atoms with Crippen LogP contribution in [0.1, 0.15) is 15.9 Å². The topological polar surface area (TPSA) is 113 Å². The van der Waals surface area contributed by atoms with Gasteiger partial charge in [0.2, 0.25) is 5.91 Å². The van der Waals surface area contributed by atoms with Crippen LogP contribution in [0, 0.1) is 6.92 Å². The molecule has 0 saturated heterocycles. The van der Waals surface area contributed by atoms with Crippen molar-refractivity contribution in [3.05, 3.63) is 42.0 Å². The third-order valence-electron chi connectivity index (χ3n) is 3.11. The Morgan fingerprint density at radius 3 is 2.80 bits per heavy atom. The minimum absolute atomic E-state index is 0.317. The smallest absolute Gasteiger partial charge is 0.248 e. The van der Waals surface area contributed by atoms with Crippen LogP contribution in [0.4, 0.5) is 5.82 Å². The summed E-state index contributed by atoms with van der Waals surface area (Å²) < 4.78 is 1.76. The zero-order valence-corrected chi connectivity index (χ0v) is 10.7. The summed E-state index contributed by atoms with van der Waals surface area (Å²) in [5, 5.41) is 0. The lowest BCUT2D eigenvalue weighted by Crippen LogP contribution is -2.12. The molecule has 4 N–H and O–H groups in total. The fourth-order valence-electron chi connectivity index (χ4n) is 2.05. The number of primary amides is 1. The maximum Gasteiger partial charge on any atom is 0.248 e. The Hall–Kier alpha value is -2.96. The molecule has 2 heterocycles. The van der Waals surface area contributed by atoms with Gasteiger partial charge in [-0.2, -0.15) is 0 Å². The number of hydrogen-bond acceptors (Lipinski definition) is 5. The number of fused-ring (bicyclic) bond motifs is 1. The number of aromatic nitrogens is 4. The highest BCUT2D eigenvalue weighted by atomic mass is 16.1. The fourth-order valence-corrected chi connectivity index (χ4v) is 2.05. The van der Waals surface area contributed by atoms with Crippen molar-refractivity contribution in [2.45, 2.75) is 6.92 Å². The van der Waals surface area contributed by atoms with E-state index in [0.29, 0.717) is 22.5 Å². The van der Waals surface area contributed by atoms with E-state index in [1.54, 1.807) is 23.0 Å². The molecule has 2 aromatic heterocycles. The number of rotatable bonds is 2. The molecule has 100 valence electrons. The zero-order valence-electron chi connectivity index (χ0n) is 10.7. The fraction of sp³-hybridized carbons (Fsp3) is 0.0769. The molecular weight excluding hydrogens is 256 g/mol. The van der Waals surface area contributed by atoms with Crippen LogP contribution in [0.2, 0.25) is 0 Å². The number of nitrogens with two attached hydrogens (primary N) is 2. The number of carbonyl (C=O) groups is 1. The van der Waals surface area contributed by atoms with E-state index in [-0.39, 0.29) is 0 Å². The Balaban J connectivity index is 2.28. The Labute approximate surface area is 114 Å². The molecule has 1 aromatic carbocycles. The lowest BCUT2D eigenvalue weighted by molar-refractivity contribution is 0.100. The molecule has 0 saturated carbocycles. The number of amides is 1. The third-order valence-corrected chi connectivity index (χ3v) is 3.11. The summed E-state index contributed by atoms with van der Waals surface area (Å²) in [4.78, 5) is 23.6. The van der Waals surface area contributed by atoms with Gasteiger partial charge in [-0.3, -0.25) is 9.36 Å². The van der Waals surface area contributed by atoms with Crippen LogP contribution in [-0.4, -0.2) is 25.4 Å². The second kappa shape index (κ2) is 4.30. The van der Waals surface area contributed by atoms with Gasteiger partial charge in [0, 0.05) is 5.56 Å². The molecule has 0 bridgehead atoms. The van der Waals surface area contributed by atoms with Crippen molar-refractivity contribution < 1.29 is 4.79 Å². The number of anilines is 1. The highest BCUT2D eigenvalue weighted by molar-refractivity contribution is 5.93. The molecule has 1 amide bonds. The summed E-state index contributed by atoms with van der Waals surface area (Å²) >= 11 is 0. The zero-order chi connectivity index (χ0) is 14.3. The van der Waals surface area contributed by atoms with Gasteiger partial charge in [0.25, 0.3) is 0 Å². The van der Waals surface area contributed by atoms with Crippen molar-refractivity contribution in [2.75, 3.05) is 5.73 Å². The van der Waals surface area contributed by atoms with Crippen LogP contribution in [0.3, 0.4) is 0 Å². The summed E-state index contributed by atoms with van der Waals surface area (Å²) in [6, 6.07) is 5.21. The van der Waals surface area contributed by atoms with Crippen LogP contribution in [0.5, 0.6) is 0 Å². The average Bonchev–Trinajstić information content (AvgIpc) is 2.84. The van der Waals surface area contributed by atoms with Crippen molar-refractivity contribution >= 4 is 22.9 Å². The molecule has 0 aliphatic heterocycles. The summed E-state index contributed by atoms with van der Waals surface area (Å²) in [5.74, 6) is -0.165. The van der Waals surface area contributed by atoms with Crippen LogP contribution in [0.15, 0.2) is 30.9 Å². The van der Waals surface area contributed by atoms with Crippen molar-refractivity contribution in [2.24, 2.45) is 5.73 Å². The average molecular weight is 268 g/mol. The van der Waals surface area contributed by atoms with Crippen LogP contribution < -0.4 is 11.5 Å². The van der Waals surface area contributed by atoms with E-state index in [4.69, 9.17) is 11.5 Å². The van der Waals surface area contributed by atoms with Crippen molar-refractivity contribution in [1.29, 1.82) is 0 Å². The van der Waals surface area contributed by atoms with Crippen LogP contribution in [0.25, 0.3) is 16.9 Å². The molecule has 0 aliphatic rings. The van der Waals surface area contributed by atoms with E-state index in [0.717, 1.165) is 11.3 Å². The quantitative estimate of drug-likeness (QED) is 0.714. The molecule has 3 rings (SSSR count). The second-order valence-electron chi connectivity index (χ2n) is 4.41. The number of benzene rings is 1.